The number of amides is 2. The Labute approximate surface area is 184 Å². The Morgan fingerprint density at radius 2 is 1.97 bits per heavy atom. The van der Waals surface area contributed by atoms with Gasteiger partial charge >= 0.3 is 0 Å². The molecule has 3 aliphatic heterocycles. The fourth-order valence-corrected chi connectivity index (χ4v) is 6.00. The van der Waals surface area contributed by atoms with E-state index in [0.717, 1.165) is 37.9 Å². The Kier molecular flexibility index (Phi) is 6.64. The summed E-state index contributed by atoms with van der Waals surface area (Å²) in [4.78, 5) is 26.7. The molecule has 9 heteroatoms. The van der Waals surface area contributed by atoms with E-state index in [2.05, 4.69) is 12.2 Å². The van der Waals surface area contributed by atoms with E-state index in [9.17, 15) is 18.0 Å². The number of ether oxygens (including phenoxy) is 1. The second-order valence-corrected chi connectivity index (χ2v) is 10.7. The van der Waals surface area contributed by atoms with Crippen molar-refractivity contribution < 1.29 is 22.7 Å². The van der Waals surface area contributed by atoms with Gasteiger partial charge in [-0.25, -0.2) is 8.42 Å². The Balaban J connectivity index is 1.47. The van der Waals surface area contributed by atoms with E-state index in [1.807, 2.05) is 0 Å². The highest BCUT2D eigenvalue weighted by atomic mass is 32.2. The monoisotopic (exact) mass is 449 g/mol. The topological polar surface area (TPSA) is 96.0 Å². The number of hydrogen-bond donors (Lipinski definition) is 1. The number of carbonyl (C=O) groups is 2. The molecule has 2 fully saturated rings. The fourth-order valence-electron chi connectivity index (χ4n) is 4.48. The van der Waals surface area contributed by atoms with E-state index in [4.69, 9.17) is 4.74 Å². The molecule has 1 aromatic carbocycles. The molecule has 0 saturated carbocycles. The predicted octanol–water partition coefficient (Wildman–Crippen LogP) is 1.68. The number of rotatable bonds is 6. The van der Waals surface area contributed by atoms with Crippen molar-refractivity contribution in [1.29, 1.82) is 0 Å². The Morgan fingerprint density at radius 3 is 2.68 bits per heavy atom. The number of carbonyl (C=O) groups excluding carboxylic acids is 2. The average Bonchev–Trinajstić information content (AvgIpc) is 3.28. The number of nitrogens with one attached hydrogen (secondary N) is 1. The maximum absolute atomic E-state index is 13.1. The summed E-state index contributed by atoms with van der Waals surface area (Å²) in [6, 6.07) is 4.90. The third-order valence-electron chi connectivity index (χ3n) is 6.48. The van der Waals surface area contributed by atoms with Crippen LogP contribution in [0.5, 0.6) is 0 Å². The molecule has 3 aliphatic rings. The molecule has 1 aromatic rings. The van der Waals surface area contributed by atoms with Gasteiger partial charge in [-0.1, -0.05) is 6.92 Å². The van der Waals surface area contributed by atoms with Gasteiger partial charge in [-0.2, -0.15) is 4.31 Å². The van der Waals surface area contributed by atoms with Crippen LogP contribution in [-0.2, 0) is 30.8 Å². The minimum Gasteiger partial charge on any atom is -0.376 e. The highest BCUT2D eigenvalue weighted by Gasteiger charge is 2.31. The zero-order chi connectivity index (χ0) is 22.0. The lowest BCUT2D eigenvalue weighted by Gasteiger charge is -2.31. The van der Waals surface area contributed by atoms with Crippen LogP contribution in [0.4, 0.5) is 5.69 Å². The Bertz CT molecular complexity index is 934. The zero-order valence-corrected chi connectivity index (χ0v) is 18.8. The summed E-state index contributed by atoms with van der Waals surface area (Å²) in [6.45, 7) is 4.31. The standard InChI is InChI=1S/C22H31N3O5S/c1-16-8-10-24(11-9-16)31(28,29)19-5-6-20-17(13-19)4-7-22(27)25(20)15-21(26)23-14-18-3-2-12-30-18/h5-6,13,16,18H,2-4,7-12,14-15H2,1H3,(H,23,26). The third-order valence-corrected chi connectivity index (χ3v) is 8.38. The number of benzene rings is 1. The van der Waals surface area contributed by atoms with Gasteiger partial charge < -0.3 is 15.0 Å². The van der Waals surface area contributed by atoms with Crippen LogP contribution >= 0.6 is 0 Å². The van der Waals surface area contributed by atoms with Gasteiger partial charge in [0.15, 0.2) is 0 Å². The second kappa shape index (κ2) is 9.26. The van der Waals surface area contributed by atoms with Crippen molar-refractivity contribution in [1.82, 2.24) is 9.62 Å². The number of sulfonamides is 1. The Hall–Kier alpha value is -1.97. The van der Waals surface area contributed by atoms with Crippen molar-refractivity contribution in [3.63, 3.8) is 0 Å². The molecule has 8 nitrogen and oxygen atoms in total. The first-order valence-electron chi connectivity index (χ1n) is 11.2. The minimum atomic E-state index is -3.55. The summed E-state index contributed by atoms with van der Waals surface area (Å²) < 4.78 is 33.2. The SMILES string of the molecule is CC1CCN(S(=O)(=O)c2ccc3c(c2)CCC(=O)N3CC(=O)NCC2CCCO2)CC1. The fraction of sp³-hybridized carbons (Fsp3) is 0.636. The number of hydrogen-bond acceptors (Lipinski definition) is 5. The van der Waals surface area contributed by atoms with E-state index in [1.165, 1.54) is 4.90 Å². The molecule has 0 radical (unpaired) electrons. The number of piperidine rings is 1. The van der Waals surface area contributed by atoms with Gasteiger partial charge in [0.1, 0.15) is 6.54 Å². The molecule has 1 N–H and O–H groups in total. The van der Waals surface area contributed by atoms with Crippen LogP contribution in [0.25, 0.3) is 0 Å². The first-order valence-corrected chi connectivity index (χ1v) is 12.6. The van der Waals surface area contributed by atoms with Crippen LogP contribution in [0, 0.1) is 5.92 Å². The quantitative estimate of drug-likeness (QED) is 0.713. The van der Waals surface area contributed by atoms with E-state index in [-0.39, 0.29) is 35.8 Å². The van der Waals surface area contributed by atoms with E-state index in [1.54, 1.807) is 22.5 Å². The molecule has 2 amide bonds. The van der Waals surface area contributed by atoms with Crippen LogP contribution in [-0.4, -0.2) is 63.4 Å². The van der Waals surface area contributed by atoms with Crippen LogP contribution < -0.4 is 10.2 Å². The van der Waals surface area contributed by atoms with Crippen LogP contribution in [0.1, 0.15) is 44.6 Å². The molecule has 2 saturated heterocycles. The Morgan fingerprint density at radius 1 is 1.19 bits per heavy atom. The van der Waals surface area contributed by atoms with E-state index in [0.29, 0.717) is 37.7 Å². The van der Waals surface area contributed by atoms with Crippen molar-refractivity contribution in [2.75, 3.05) is 37.7 Å². The van der Waals surface area contributed by atoms with Gasteiger partial charge in [0.2, 0.25) is 21.8 Å². The predicted molar refractivity (Wildman–Crippen MR) is 116 cm³/mol. The first kappa shape index (κ1) is 22.2. The van der Waals surface area contributed by atoms with Gasteiger partial charge in [-0.05, 0) is 61.8 Å². The molecular formula is C22H31N3O5S. The normalized spacial score (nSPS) is 23.1. The van der Waals surface area contributed by atoms with Crippen LogP contribution in [0.15, 0.2) is 23.1 Å². The lowest BCUT2D eigenvalue weighted by Crippen LogP contribution is -2.44. The molecule has 3 heterocycles. The van der Waals surface area contributed by atoms with Gasteiger partial charge in [0.25, 0.3) is 0 Å². The largest absolute Gasteiger partial charge is 0.376 e. The highest BCUT2D eigenvalue weighted by molar-refractivity contribution is 7.89. The first-order chi connectivity index (χ1) is 14.8. The summed E-state index contributed by atoms with van der Waals surface area (Å²) in [7, 11) is -3.55. The second-order valence-electron chi connectivity index (χ2n) is 8.80. The smallest absolute Gasteiger partial charge is 0.243 e. The van der Waals surface area contributed by atoms with E-state index >= 15 is 0 Å². The number of nitrogens with zero attached hydrogens (tertiary/aromatic N) is 2. The van der Waals surface area contributed by atoms with Crippen molar-refractivity contribution in [2.45, 2.75) is 56.4 Å². The van der Waals surface area contributed by atoms with Crippen molar-refractivity contribution in [3.05, 3.63) is 23.8 Å². The van der Waals surface area contributed by atoms with Gasteiger partial charge in [0.05, 0.1) is 11.0 Å². The van der Waals surface area contributed by atoms with E-state index < -0.39 is 10.0 Å². The lowest BCUT2D eigenvalue weighted by molar-refractivity contribution is -0.124. The van der Waals surface area contributed by atoms with Crippen molar-refractivity contribution in [3.8, 4) is 0 Å². The van der Waals surface area contributed by atoms with Crippen molar-refractivity contribution >= 4 is 27.5 Å². The molecule has 0 bridgehead atoms. The number of fused-ring (bicyclic) bond motifs is 1. The third kappa shape index (κ3) is 4.94. The molecular weight excluding hydrogens is 418 g/mol. The molecule has 0 aromatic heterocycles. The zero-order valence-electron chi connectivity index (χ0n) is 18.0. The minimum absolute atomic E-state index is 0.0406. The van der Waals surface area contributed by atoms with Crippen LogP contribution in [0.2, 0.25) is 0 Å². The summed E-state index contributed by atoms with van der Waals surface area (Å²) >= 11 is 0. The van der Waals surface area contributed by atoms with Crippen LogP contribution in [0.3, 0.4) is 0 Å². The maximum atomic E-state index is 13.1. The van der Waals surface area contributed by atoms with Gasteiger partial charge in [0, 0.05) is 38.3 Å². The maximum Gasteiger partial charge on any atom is 0.243 e. The highest BCUT2D eigenvalue weighted by Crippen LogP contribution is 2.32. The summed E-state index contributed by atoms with van der Waals surface area (Å²) in [5, 5.41) is 2.85. The number of anilines is 1. The summed E-state index contributed by atoms with van der Waals surface area (Å²) in [6.07, 6.45) is 4.44. The summed E-state index contributed by atoms with van der Waals surface area (Å²) in [5.74, 6) is 0.178. The summed E-state index contributed by atoms with van der Waals surface area (Å²) in [5.41, 5.74) is 1.41. The average molecular weight is 450 g/mol. The van der Waals surface area contributed by atoms with Gasteiger partial charge in [-0.15, -0.1) is 0 Å². The molecule has 0 spiro atoms. The molecule has 170 valence electrons. The molecule has 0 aliphatic carbocycles. The molecule has 1 atom stereocenters. The molecule has 4 rings (SSSR count). The molecule has 1 unspecified atom stereocenters. The lowest BCUT2D eigenvalue weighted by atomic mass is 10.0. The molecule has 31 heavy (non-hydrogen) atoms. The number of aryl methyl sites for hydroxylation is 1. The van der Waals surface area contributed by atoms with Gasteiger partial charge in [-0.3, -0.25) is 9.59 Å². The van der Waals surface area contributed by atoms with Crippen molar-refractivity contribution in [2.24, 2.45) is 5.92 Å².